The first kappa shape index (κ1) is 16.4. The van der Waals surface area contributed by atoms with Gasteiger partial charge < -0.3 is 9.47 Å². The molecule has 6 heteroatoms. The highest BCUT2D eigenvalue weighted by molar-refractivity contribution is 6.31. The van der Waals surface area contributed by atoms with Gasteiger partial charge in [-0.2, -0.15) is 5.10 Å². The highest BCUT2D eigenvalue weighted by atomic mass is 35.5. The van der Waals surface area contributed by atoms with E-state index in [9.17, 15) is 4.79 Å². The summed E-state index contributed by atoms with van der Waals surface area (Å²) in [6, 6.07) is 12.8. The smallest absolute Gasteiger partial charge is 0.231 e. The fourth-order valence-electron chi connectivity index (χ4n) is 2.67. The van der Waals surface area contributed by atoms with Crippen LogP contribution in [-0.4, -0.2) is 22.4 Å². The van der Waals surface area contributed by atoms with Gasteiger partial charge in [0.2, 0.25) is 6.79 Å². The molecule has 0 atom stereocenters. The Hall–Kier alpha value is -3.05. The second-order valence-electron chi connectivity index (χ2n) is 5.83. The number of ketones is 1. The third kappa shape index (κ3) is 3.48. The quantitative estimate of drug-likeness (QED) is 0.501. The predicted octanol–water partition coefficient (Wildman–Crippen LogP) is 4.21. The van der Waals surface area contributed by atoms with E-state index in [1.807, 2.05) is 30.5 Å². The SMILES string of the molecule is O=C(/C=C/c1cnn(Cc2ccccc2Cl)c1)c1ccc2c(c1)OCO2. The molecule has 2 heterocycles. The van der Waals surface area contributed by atoms with E-state index in [0.29, 0.717) is 28.6 Å². The van der Waals surface area contributed by atoms with Gasteiger partial charge in [0.05, 0.1) is 12.7 Å². The molecule has 26 heavy (non-hydrogen) atoms. The Morgan fingerprint density at radius 3 is 2.92 bits per heavy atom. The van der Waals surface area contributed by atoms with Crippen molar-refractivity contribution in [3.05, 3.63) is 82.6 Å². The zero-order chi connectivity index (χ0) is 17.9. The summed E-state index contributed by atoms with van der Waals surface area (Å²) in [4.78, 5) is 12.3. The Labute approximate surface area is 155 Å². The Balaban J connectivity index is 1.45. The number of carbonyl (C=O) groups excluding carboxylic acids is 1. The van der Waals surface area contributed by atoms with Crippen molar-refractivity contribution in [2.75, 3.05) is 6.79 Å². The zero-order valence-corrected chi connectivity index (χ0v) is 14.5. The predicted molar refractivity (Wildman–Crippen MR) is 98.7 cm³/mol. The first-order valence-electron chi connectivity index (χ1n) is 8.07. The summed E-state index contributed by atoms with van der Waals surface area (Å²) >= 11 is 6.17. The first-order valence-corrected chi connectivity index (χ1v) is 8.45. The molecule has 4 rings (SSSR count). The molecule has 0 bridgehead atoms. The van der Waals surface area contributed by atoms with Gasteiger partial charge in [0.25, 0.3) is 0 Å². The van der Waals surface area contributed by atoms with Crippen molar-refractivity contribution in [3.8, 4) is 11.5 Å². The first-order chi connectivity index (χ1) is 12.7. The number of ether oxygens (including phenoxy) is 2. The number of halogens is 1. The number of nitrogens with zero attached hydrogens (tertiary/aromatic N) is 2. The topological polar surface area (TPSA) is 53.4 Å². The number of fused-ring (bicyclic) bond motifs is 1. The van der Waals surface area contributed by atoms with Crippen molar-refractivity contribution in [2.24, 2.45) is 0 Å². The van der Waals surface area contributed by atoms with Crippen LogP contribution < -0.4 is 9.47 Å². The normalized spacial score (nSPS) is 12.7. The van der Waals surface area contributed by atoms with Crippen LogP contribution in [0.2, 0.25) is 5.02 Å². The molecule has 130 valence electrons. The molecule has 0 radical (unpaired) electrons. The van der Waals surface area contributed by atoms with Crippen LogP contribution in [0.25, 0.3) is 6.08 Å². The van der Waals surface area contributed by atoms with Crippen LogP contribution in [-0.2, 0) is 6.54 Å². The monoisotopic (exact) mass is 366 g/mol. The van der Waals surface area contributed by atoms with Gasteiger partial charge in [0, 0.05) is 22.3 Å². The minimum atomic E-state index is -0.109. The van der Waals surface area contributed by atoms with Crippen LogP contribution >= 0.6 is 11.6 Å². The molecule has 0 amide bonds. The summed E-state index contributed by atoms with van der Waals surface area (Å²) in [7, 11) is 0. The van der Waals surface area contributed by atoms with Crippen LogP contribution in [0.5, 0.6) is 11.5 Å². The molecular weight excluding hydrogens is 352 g/mol. The van der Waals surface area contributed by atoms with E-state index >= 15 is 0 Å². The van der Waals surface area contributed by atoms with Gasteiger partial charge in [-0.05, 0) is 42.0 Å². The van der Waals surface area contributed by atoms with Gasteiger partial charge in [0.1, 0.15) is 0 Å². The number of aromatic nitrogens is 2. The molecule has 1 aliphatic heterocycles. The highest BCUT2D eigenvalue weighted by Gasteiger charge is 2.15. The lowest BCUT2D eigenvalue weighted by Crippen LogP contribution is -2.00. The van der Waals surface area contributed by atoms with Crippen molar-refractivity contribution < 1.29 is 14.3 Å². The Morgan fingerprint density at radius 2 is 2.04 bits per heavy atom. The lowest BCUT2D eigenvalue weighted by molar-refractivity contribution is 0.104. The Bertz CT molecular complexity index is 994. The van der Waals surface area contributed by atoms with Crippen LogP contribution in [0.3, 0.4) is 0 Å². The van der Waals surface area contributed by atoms with Gasteiger partial charge in [-0.3, -0.25) is 9.48 Å². The van der Waals surface area contributed by atoms with Crippen LogP contribution in [0.1, 0.15) is 21.5 Å². The fourth-order valence-corrected chi connectivity index (χ4v) is 2.87. The van der Waals surface area contributed by atoms with E-state index < -0.39 is 0 Å². The standard InChI is InChI=1S/C20H15ClN2O3/c21-17-4-2-1-3-16(17)12-23-11-14(10-22-23)5-7-18(24)15-6-8-19-20(9-15)26-13-25-19/h1-11H,12-13H2/b7-5+. The molecule has 2 aromatic carbocycles. The molecule has 0 unspecified atom stereocenters. The number of rotatable bonds is 5. The maximum absolute atomic E-state index is 12.3. The van der Waals surface area contributed by atoms with Crippen molar-refractivity contribution in [1.82, 2.24) is 9.78 Å². The maximum atomic E-state index is 12.3. The van der Waals surface area contributed by atoms with E-state index in [1.165, 1.54) is 6.08 Å². The van der Waals surface area contributed by atoms with E-state index in [4.69, 9.17) is 21.1 Å². The average Bonchev–Trinajstić information content (AvgIpc) is 3.30. The molecular formula is C20H15ClN2O3. The number of benzene rings is 2. The summed E-state index contributed by atoms with van der Waals surface area (Å²) in [5, 5.41) is 5.02. The molecule has 0 N–H and O–H groups in total. The Kier molecular flexibility index (Phi) is 4.46. The highest BCUT2D eigenvalue weighted by Crippen LogP contribution is 2.32. The minimum absolute atomic E-state index is 0.109. The summed E-state index contributed by atoms with van der Waals surface area (Å²) in [6.07, 6.45) is 6.84. The fraction of sp³-hybridized carbons (Fsp3) is 0.100. The molecule has 0 saturated heterocycles. The Morgan fingerprint density at radius 1 is 1.19 bits per heavy atom. The summed E-state index contributed by atoms with van der Waals surface area (Å²) in [5.41, 5.74) is 2.38. The molecule has 1 aliphatic rings. The van der Waals surface area contributed by atoms with E-state index in [2.05, 4.69) is 5.10 Å². The largest absolute Gasteiger partial charge is 0.454 e. The lowest BCUT2D eigenvalue weighted by atomic mass is 10.1. The summed E-state index contributed by atoms with van der Waals surface area (Å²) in [6.45, 7) is 0.761. The van der Waals surface area contributed by atoms with Gasteiger partial charge in [-0.15, -0.1) is 0 Å². The van der Waals surface area contributed by atoms with E-state index in [1.54, 1.807) is 35.2 Å². The molecule has 0 fully saturated rings. The van der Waals surface area contributed by atoms with Crippen molar-refractivity contribution in [1.29, 1.82) is 0 Å². The maximum Gasteiger partial charge on any atom is 0.231 e. The van der Waals surface area contributed by atoms with Crippen molar-refractivity contribution in [3.63, 3.8) is 0 Å². The number of allylic oxidation sites excluding steroid dienone is 1. The van der Waals surface area contributed by atoms with E-state index in [0.717, 1.165) is 11.1 Å². The molecule has 0 spiro atoms. The lowest BCUT2D eigenvalue weighted by Gasteiger charge is -2.03. The van der Waals surface area contributed by atoms with Crippen LogP contribution in [0.15, 0.2) is 60.9 Å². The number of hydrogen-bond acceptors (Lipinski definition) is 4. The molecule has 1 aromatic heterocycles. The number of carbonyl (C=O) groups is 1. The second kappa shape index (κ2) is 7.06. The van der Waals surface area contributed by atoms with Gasteiger partial charge >= 0.3 is 0 Å². The third-order valence-corrected chi connectivity index (χ3v) is 4.40. The molecule has 5 nitrogen and oxygen atoms in total. The minimum Gasteiger partial charge on any atom is -0.454 e. The van der Waals surface area contributed by atoms with Crippen LogP contribution in [0.4, 0.5) is 0 Å². The van der Waals surface area contributed by atoms with E-state index in [-0.39, 0.29) is 12.6 Å². The zero-order valence-electron chi connectivity index (χ0n) is 13.8. The molecule has 0 aliphatic carbocycles. The van der Waals surface area contributed by atoms with Crippen molar-refractivity contribution >= 4 is 23.5 Å². The molecule has 3 aromatic rings. The van der Waals surface area contributed by atoms with Gasteiger partial charge in [0.15, 0.2) is 17.3 Å². The van der Waals surface area contributed by atoms with Crippen molar-refractivity contribution in [2.45, 2.75) is 6.54 Å². The van der Waals surface area contributed by atoms with Gasteiger partial charge in [-0.1, -0.05) is 29.8 Å². The summed E-state index contributed by atoms with van der Waals surface area (Å²) in [5.74, 6) is 1.14. The van der Waals surface area contributed by atoms with Gasteiger partial charge in [-0.25, -0.2) is 0 Å². The summed E-state index contributed by atoms with van der Waals surface area (Å²) < 4.78 is 12.3. The second-order valence-corrected chi connectivity index (χ2v) is 6.24. The molecule has 0 saturated carbocycles. The third-order valence-electron chi connectivity index (χ3n) is 4.03. The average molecular weight is 367 g/mol. The van der Waals surface area contributed by atoms with Crippen LogP contribution in [0, 0.1) is 0 Å². The number of hydrogen-bond donors (Lipinski definition) is 0.